The number of hydrogen-bond donors (Lipinski definition) is 3. The maximum absolute atomic E-state index is 11.9. The second kappa shape index (κ2) is 5.29. The van der Waals surface area contributed by atoms with Gasteiger partial charge in [-0.2, -0.15) is 0 Å². The van der Waals surface area contributed by atoms with E-state index in [1.807, 2.05) is 19.9 Å². The first-order chi connectivity index (χ1) is 7.81. The van der Waals surface area contributed by atoms with Gasteiger partial charge in [-0.25, -0.2) is 13.1 Å². The monoisotopic (exact) mass is 255 g/mol. The van der Waals surface area contributed by atoms with Crippen molar-refractivity contribution in [3.63, 3.8) is 0 Å². The Morgan fingerprint density at radius 2 is 1.82 bits per heavy atom. The Balaban J connectivity index is 2.86. The van der Waals surface area contributed by atoms with E-state index in [9.17, 15) is 8.42 Å². The van der Waals surface area contributed by atoms with E-state index in [0.717, 1.165) is 11.1 Å². The highest BCUT2D eigenvalue weighted by Crippen LogP contribution is 2.13. The normalized spacial score (nSPS) is 11.4. The fraction of sp³-hybridized carbons (Fsp3) is 0.364. The van der Waals surface area contributed by atoms with E-state index in [0.29, 0.717) is 0 Å². The van der Waals surface area contributed by atoms with Crippen molar-refractivity contribution in [3.05, 3.63) is 29.3 Å². The highest BCUT2D eigenvalue weighted by Gasteiger charge is 2.13. The smallest absolute Gasteiger partial charge is 0.240 e. The quantitative estimate of drug-likeness (QED) is 0.539. The molecule has 4 N–H and O–H groups in total. The molecule has 1 aromatic rings. The van der Waals surface area contributed by atoms with Gasteiger partial charge < -0.3 is 5.73 Å². The van der Waals surface area contributed by atoms with Crippen molar-refractivity contribution in [1.29, 1.82) is 5.41 Å². The first-order valence-corrected chi connectivity index (χ1v) is 6.70. The predicted octanol–water partition coefficient (Wildman–Crippen LogP) is 0.908. The third kappa shape index (κ3) is 4.16. The van der Waals surface area contributed by atoms with Gasteiger partial charge in [0.05, 0.1) is 10.7 Å². The van der Waals surface area contributed by atoms with Gasteiger partial charge in [-0.05, 0) is 37.1 Å². The molecule has 0 atom stereocenters. The number of nitrogens with one attached hydrogen (secondary N) is 2. The van der Waals surface area contributed by atoms with Gasteiger partial charge in [0, 0.05) is 13.0 Å². The summed E-state index contributed by atoms with van der Waals surface area (Å²) in [6.45, 7) is 3.84. The van der Waals surface area contributed by atoms with Gasteiger partial charge in [-0.15, -0.1) is 0 Å². The SMILES string of the molecule is Cc1cc(C)cc(S(=O)(=O)NCCC(=N)N)c1. The highest BCUT2D eigenvalue weighted by molar-refractivity contribution is 7.89. The topological polar surface area (TPSA) is 96.0 Å². The number of rotatable bonds is 5. The summed E-state index contributed by atoms with van der Waals surface area (Å²) >= 11 is 0. The Bertz CT molecular complexity index is 503. The molecule has 0 aliphatic carbocycles. The van der Waals surface area contributed by atoms with Crippen LogP contribution in [0.15, 0.2) is 23.1 Å². The number of amidine groups is 1. The molecule has 0 saturated carbocycles. The van der Waals surface area contributed by atoms with E-state index in [4.69, 9.17) is 11.1 Å². The minimum Gasteiger partial charge on any atom is -0.388 e. The molecule has 1 aromatic carbocycles. The van der Waals surface area contributed by atoms with Crippen molar-refractivity contribution >= 4 is 15.9 Å². The molecule has 0 aliphatic heterocycles. The molecule has 0 fully saturated rings. The number of aryl methyl sites for hydroxylation is 2. The molecule has 0 unspecified atom stereocenters. The van der Waals surface area contributed by atoms with Gasteiger partial charge in [0.25, 0.3) is 0 Å². The van der Waals surface area contributed by atoms with Gasteiger partial charge >= 0.3 is 0 Å². The maximum Gasteiger partial charge on any atom is 0.240 e. The van der Waals surface area contributed by atoms with Crippen LogP contribution in [-0.2, 0) is 10.0 Å². The molecule has 5 nitrogen and oxygen atoms in total. The van der Waals surface area contributed by atoms with Crippen LogP contribution in [0.25, 0.3) is 0 Å². The standard InChI is InChI=1S/C11H17N3O2S/c1-8-5-9(2)7-10(6-8)17(15,16)14-4-3-11(12)13/h5-7,14H,3-4H2,1-2H3,(H3,12,13). The highest BCUT2D eigenvalue weighted by atomic mass is 32.2. The molecule has 0 saturated heterocycles. The van der Waals surface area contributed by atoms with E-state index in [1.54, 1.807) is 12.1 Å². The Morgan fingerprint density at radius 3 is 2.29 bits per heavy atom. The summed E-state index contributed by atoms with van der Waals surface area (Å²) in [7, 11) is -3.50. The number of hydrogen-bond acceptors (Lipinski definition) is 3. The Labute approximate surface area is 102 Å². The van der Waals surface area contributed by atoms with E-state index < -0.39 is 10.0 Å². The minimum atomic E-state index is -3.50. The maximum atomic E-state index is 11.9. The number of sulfonamides is 1. The summed E-state index contributed by atoms with van der Waals surface area (Å²) < 4.78 is 26.2. The first-order valence-electron chi connectivity index (χ1n) is 5.22. The molecule has 0 radical (unpaired) electrons. The predicted molar refractivity (Wildman–Crippen MR) is 67.6 cm³/mol. The van der Waals surface area contributed by atoms with Crippen molar-refractivity contribution in [2.24, 2.45) is 5.73 Å². The lowest BCUT2D eigenvalue weighted by molar-refractivity contribution is 0.582. The average molecular weight is 255 g/mol. The second-order valence-electron chi connectivity index (χ2n) is 4.00. The summed E-state index contributed by atoms with van der Waals surface area (Å²) in [5, 5.41) is 7.02. The van der Waals surface area contributed by atoms with E-state index in [2.05, 4.69) is 4.72 Å². The van der Waals surface area contributed by atoms with Crippen LogP contribution >= 0.6 is 0 Å². The van der Waals surface area contributed by atoms with Crippen molar-refractivity contribution in [2.75, 3.05) is 6.54 Å². The molecular formula is C11H17N3O2S. The molecule has 0 amide bonds. The van der Waals surface area contributed by atoms with Crippen LogP contribution in [0.2, 0.25) is 0 Å². The first kappa shape index (κ1) is 13.7. The van der Waals surface area contributed by atoms with Crippen LogP contribution in [0.1, 0.15) is 17.5 Å². The van der Waals surface area contributed by atoms with Crippen molar-refractivity contribution in [2.45, 2.75) is 25.2 Å². The fourth-order valence-electron chi connectivity index (χ4n) is 1.49. The third-order valence-electron chi connectivity index (χ3n) is 2.19. The van der Waals surface area contributed by atoms with Crippen LogP contribution < -0.4 is 10.5 Å². The third-order valence-corrected chi connectivity index (χ3v) is 3.63. The molecule has 0 spiro atoms. The summed E-state index contributed by atoms with van der Waals surface area (Å²) in [5.41, 5.74) is 6.96. The zero-order chi connectivity index (χ0) is 13.1. The van der Waals surface area contributed by atoms with Gasteiger partial charge in [0.1, 0.15) is 0 Å². The molecule has 17 heavy (non-hydrogen) atoms. The van der Waals surface area contributed by atoms with Crippen LogP contribution in [-0.4, -0.2) is 20.8 Å². The summed E-state index contributed by atoms with van der Waals surface area (Å²) in [6.07, 6.45) is 0.212. The Kier molecular flexibility index (Phi) is 4.25. The number of nitrogens with two attached hydrogens (primary N) is 1. The zero-order valence-corrected chi connectivity index (χ0v) is 10.8. The summed E-state index contributed by atoms with van der Waals surface area (Å²) in [6, 6.07) is 5.14. The average Bonchev–Trinajstić information content (AvgIpc) is 2.14. The van der Waals surface area contributed by atoms with Crippen LogP contribution in [0.4, 0.5) is 0 Å². The molecule has 6 heteroatoms. The number of benzene rings is 1. The van der Waals surface area contributed by atoms with E-state index in [-0.39, 0.29) is 23.7 Å². The summed E-state index contributed by atoms with van der Waals surface area (Å²) in [5.74, 6) is -0.0341. The van der Waals surface area contributed by atoms with Gasteiger partial charge in [-0.3, -0.25) is 5.41 Å². The van der Waals surface area contributed by atoms with Crippen LogP contribution in [0.3, 0.4) is 0 Å². The lowest BCUT2D eigenvalue weighted by Gasteiger charge is -2.08. The lowest BCUT2D eigenvalue weighted by atomic mass is 10.2. The minimum absolute atomic E-state index is 0.0341. The van der Waals surface area contributed by atoms with E-state index >= 15 is 0 Å². The molecule has 0 aromatic heterocycles. The van der Waals surface area contributed by atoms with Crippen LogP contribution in [0, 0.1) is 19.3 Å². The van der Waals surface area contributed by atoms with Crippen molar-refractivity contribution in [1.82, 2.24) is 4.72 Å². The molecule has 0 aliphatic rings. The Morgan fingerprint density at radius 1 is 1.29 bits per heavy atom. The molecule has 1 rings (SSSR count). The van der Waals surface area contributed by atoms with Gasteiger partial charge in [0.2, 0.25) is 10.0 Å². The van der Waals surface area contributed by atoms with Crippen molar-refractivity contribution < 1.29 is 8.42 Å². The molecule has 94 valence electrons. The van der Waals surface area contributed by atoms with Crippen molar-refractivity contribution in [3.8, 4) is 0 Å². The van der Waals surface area contributed by atoms with Gasteiger partial charge in [-0.1, -0.05) is 6.07 Å². The summed E-state index contributed by atoms with van der Waals surface area (Å²) in [4.78, 5) is 0.249. The lowest BCUT2D eigenvalue weighted by Crippen LogP contribution is -2.27. The Hall–Kier alpha value is -1.40. The molecular weight excluding hydrogens is 238 g/mol. The largest absolute Gasteiger partial charge is 0.388 e. The van der Waals surface area contributed by atoms with E-state index in [1.165, 1.54) is 0 Å². The van der Waals surface area contributed by atoms with Crippen LogP contribution in [0.5, 0.6) is 0 Å². The second-order valence-corrected chi connectivity index (χ2v) is 5.76. The van der Waals surface area contributed by atoms with Gasteiger partial charge in [0.15, 0.2) is 0 Å². The molecule has 0 heterocycles. The fourth-order valence-corrected chi connectivity index (χ4v) is 2.71. The molecule has 0 bridgehead atoms. The zero-order valence-electron chi connectivity index (χ0n) is 9.95.